The van der Waals surface area contributed by atoms with Crippen molar-refractivity contribution < 1.29 is 14.3 Å². The van der Waals surface area contributed by atoms with Crippen molar-refractivity contribution in [3.8, 4) is 0 Å². The molecule has 0 spiro atoms. The number of anilines is 1. The van der Waals surface area contributed by atoms with Crippen molar-refractivity contribution in [2.75, 3.05) is 12.4 Å². The Bertz CT molecular complexity index is 650. The summed E-state index contributed by atoms with van der Waals surface area (Å²) in [5, 5.41) is 3.26. The summed E-state index contributed by atoms with van der Waals surface area (Å²) in [6.45, 7) is 4.05. The minimum absolute atomic E-state index is 0.266. The smallest absolute Gasteiger partial charge is 0.340 e. The number of esters is 1. The van der Waals surface area contributed by atoms with E-state index in [-0.39, 0.29) is 11.8 Å². The van der Waals surface area contributed by atoms with Crippen LogP contribution in [0.5, 0.6) is 0 Å². The Labute approximate surface area is 127 Å². The van der Waals surface area contributed by atoms with Crippen LogP contribution in [0.4, 0.5) is 5.00 Å². The standard InChI is InChI=1S/C15H16N2O3S/c1-9(2)12-7-11(15(19)20-3)14(21-12)17-13(18)10-5-4-6-16-8-10/h4-9H,1-3H3,(H,17,18). The lowest BCUT2D eigenvalue weighted by Gasteiger charge is -2.04. The maximum atomic E-state index is 12.2. The Morgan fingerprint density at radius 1 is 1.38 bits per heavy atom. The Morgan fingerprint density at radius 2 is 2.14 bits per heavy atom. The zero-order valence-corrected chi connectivity index (χ0v) is 12.9. The molecular formula is C15H16N2O3S. The van der Waals surface area contributed by atoms with Gasteiger partial charge in [-0.25, -0.2) is 4.79 Å². The third-order valence-electron chi connectivity index (χ3n) is 2.88. The highest BCUT2D eigenvalue weighted by molar-refractivity contribution is 7.16. The first kappa shape index (κ1) is 15.2. The van der Waals surface area contributed by atoms with Gasteiger partial charge in [-0.1, -0.05) is 13.8 Å². The highest BCUT2D eigenvalue weighted by Gasteiger charge is 2.20. The molecule has 21 heavy (non-hydrogen) atoms. The number of carbonyl (C=O) groups is 2. The lowest BCUT2D eigenvalue weighted by molar-refractivity contribution is 0.0602. The summed E-state index contributed by atoms with van der Waals surface area (Å²) in [6, 6.07) is 5.11. The topological polar surface area (TPSA) is 68.3 Å². The van der Waals surface area contributed by atoms with Crippen LogP contribution < -0.4 is 5.32 Å². The van der Waals surface area contributed by atoms with E-state index in [1.165, 1.54) is 24.6 Å². The fraction of sp³-hybridized carbons (Fsp3) is 0.267. The fourth-order valence-electron chi connectivity index (χ4n) is 1.72. The summed E-state index contributed by atoms with van der Waals surface area (Å²) < 4.78 is 4.76. The van der Waals surface area contributed by atoms with Gasteiger partial charge in [-0.05, 0) is 24.1 Å². The highest BCUT2D eigenvalue weighted by Crippen LogP contribution is 2.33. The maximum Gasteiger partial charge on any atom is 0.340 e. The zero-order valence-electron chi connectivity index (χ0n) is 12.0. The molecule has 1 amide bonds. The predicted molar refractivity (Wildman–Crippen MR) is 81.9 cm³/mol. The first-order valence-electron chi connectivity index (χ1n) is 6.46. The monoisotopic (exact) mass is 304 g/mol. The summed E-state index contributed by atoms with van der Waals surface area (Å²) in [7, 11) is 1.32. The quantitative estimate of drug-likeness (QED) is 0.880. The number of nitrogens with one attached hydrogen (secondary N) is 1. The molecule has 1 N–H and O–H groups in total. The van der Waals surface area contributed by atoms with Gasteiger partial charge in [0.25, 0.3) is 5.91 Å². The molecule has 0 bridgehead atoms. The van der Waals surface area contributed by atoms with E-state index in [0.717, 1.165) is 4.88 Å². The molecule has 0 aliphatic rings. The van der Waals surface area contributed by atoms with Gasteiger partial charge in [-0.2, -0.15) is 0 Å². The number of ether oxygens (including phenoxy) is 1. The fourth-order valence-corrected chi connectivity index (χ4v) is 2.77. The predicted octanol–water partition coefficient (Wildman–Crippen LogP) is 3.31. The van der Waals surface area contributed by atoms with Gasteiger partial charge in [0.2, 0.25) is 0 Å². The van der Waals surface area contributed by atoms with Crippen LogP contribution in [0.2, 0.25) is 0 Å². The van der Waals surface area contributed by atoms with Gasteiger partial charge in [0.1, 0.15) is 5.00 Å². The van der Waals surface area contributed by atoms with E-state index >= 15 is 0 Å². The third kappa shape index (κ3) is 3.46. The molecule has 0 aliphatic carbocycles. The van der Waals surface area contributed by atoms with E-state index in [1.54, 1.807) is 24.4 Å². The van der Waals surface area contributed by atoms with Gasteiger partial charge in [0.05, 0.1) is 18.2 Å². The molecule has 6 heteroatoms. The zero-order chi connectivity index (χ0) is 15.4. The Hall–Kier alpha value is -2.21. The van der Waals surface area contributed by atoms with Crippen LogP contribution in [-0.2, 0) is 4.74 Å². The van der Waals surface area contributed by atoms with Gasteiger partial charge in [-0.3, -0.25) is 9.78 Å². The van der Waals surface area contributed by atoms with Gasteiger partial charge >= 0.3 is 5.97 Å². The minimum atomic E-state index is -0.459. The normalized spacial score (nSPS) is 10.5. The van der Waals surface area contributed by atoms with E-state index in [1.807, 2.05) is 13.8 Å². The summed E-state index contributed by atoms with van der Waals surface area (Å²) in [4.78, 5) is 28.9. The van der Waals surface area contributed by atoms with Crippen LogP contribution in [0.15, 0.2) is 30.6 Å². The Morgan fingerprint density at radius 3 is 2.71 bits per heavy atom. The van der Waals surface area contributed by atoms with Gasteiger partial charge < -0.3 is 10.1 Å². The lowest BCUT2D eigenvalue weighted by Crippen LogP contribution is -2.13. The van der Waals surface area contributed by atoms with Crippen molar-refractivity contribution in [1.82, 2.24) is 4.98 Å². The van der Waals surface area contributed by atoms with Crippen LogP contribution in [0.3, 0.4) is 0 Å². The number of carbonyl (C=O) groups excluding carboxylic acids is 2. The van der Waals surface area contributed by atoms with Gasteiger partial charge in [-0.15, -0.1) is 11.3 Å². The van der Waals surface area contributed by atoms with Crippen molar-refractivity contribution in [3.63, 3.8) is 0 Å². The largest absolute Gasteiger partial charge is 0.465 e. The number of hydrogen-bond acceptors (Lipinski definition) is 5. The highest BCUT2D eigenvalue weighted by atomic mass is 32.1. The van der Waals surface area contributed by atoms with Crippen molar-refractivity contribution in [2.24, 2.45) is 0 Å². The molecule has 5 nitrogen and oxygen atoms in total. The SMILES string of the molecule is COC(=O)c1cc(C(C)C)sc1NC(=O)c1cccnc1. The molecule has 0 unspecified atom stereocenters. The van der Waals surface area contributed by atoms with Crippen LogP contribution in [0.1, 0.15) is 45.4 Å². The van der Waals surface area contributed by atoms with Crippen LogP contribution in [0, 0.1) is 0 Å². The molecule has 0 aliphatic heterocycles. The summed E-state index contributed by atoms with van der Waals surface area (Å²) in [5.74, 6) is -0.493. The minimum Gasteiger partial charge on any atom is -0.465 e. The first-order chi connectivity index (χ1) is 10.0. The summed E-state index contributed by atoms with van der Waals surface area (Å²) in [6.07, 6.45) is 3.07. The lowest BCUT2D eigenvalue weighted by atomic mass is 10.1. The molecule has 110 valence electrons. The van der Waals surface area contributed by atoms with Crippen LogP contribution >= 0.6 is 11.3 Å². The van der Waals surface area contributed by atoms with Crippen LogP contribution in [-0.4, -0.2) is 24.0 Å². The van der Waals surface area contributed by atoms with Crippen molar-refractivity contribution in [1.29, 1.82) is 0 Å². The Balaban J connectivity index is 2.30. The number of nitrogens with zero attached hydrogens (tertiary/aromatic N) is 1. The number of pyridine rings is 1. The van der Waals surface area contributed by atoms with Crippen molar-refractivity contribution >= 4 is 28.2 Å². The maximum absolute atomic E-state index is 12.2. The molecule has 0 saturated carbocycles. The molecular weight excluding hydrogens is 288 g/mol. The summed E-state index contributed by atoms with van der Waals surface area (Å²) >= 11 is 1.38. The molecule has 0 radical (unpaired) electrons. The molecule has 2 aromatic rings. The van der Waals surface area contributed by atoms with E-state index in [4.69, 9.17) is 4.74 Å². The molecule has 0 saturated heterocycles. The van der Waals surface area contributed by atoms with Crippen molar-refractivity contribution in [3.05, 3.63) is 46.6 Å². The Kier molecular flexibility index (Phi) is 4.70. The van der Waals surface area contributed by atoms with E-state index in [9.17, 15) is 9.59 Å². The molecule has 0 fully saturated rings. The summed E-state index contributed by atoms with van der Waals surface area (Å²) in [5.41, 5.74) is 0.816. The molecule has 2 heterocycles. The number of rotatable bonds is 4. The molecule has 0 atom stereocenters. The average molecular weight is 304 g/mol. The molecule has 2 rings (SSSR count). The second-order valence-corrected chi connectivity index (χ2v) is 5.82. The average Bonchev–Trinajstić information content (AvgIpc) is 2.91. The number of methoxy groups -OCH3 is 1. The van der Waals surface area contributed by atoms with E-state index in [2.05, 4.69) is 10.3 Å². The number of hydrogen-bond donors (Lipinski definition) is 1. The van der Waals surface area contributed by atoms with Crippen LogP contribution in [0.25, 0.3) is 0 Å². The van der Waals surface area contributed by atoms with Gasteiger partial charge in [0, 0.05) is 17.3 Å². The van der Waals surface area contributed by atoms with E-state index < -0.39 is 5.97 Å². The number of amides is 1. The van der Waals surface area contributed by atoms with Crippen molar-refractivity contribution in [2.45, 2.75) is 19.8 Å². The second-order valence-electron chi connectivity index (χ2n) is 4.73. The first-order valence-corrected chi connectivity index (χ1v) is 7.28. The number of thiophene rings is 1. The second kappa shape index (κ2) is 6.49. The van der Waals surface area contributed by atoms with Gasteiger partial charge in [0.15, 0.2) is 0 Å². The van der Waals surface area contributed by atoms with E-state index in [0.29, 0.717) is 16.1 Å². The molecule has 0 aromatic carbocycles. The third-order valence-corrected chi connectivity index (χ3v) is 4.23. The number of aromatic nitrogens is 1. The molecule has 2 aromatic heterocycles.